The predicted molar refractivity (Wildman–Crippen MR) is 127 cm³/mol. The second-order valence-corrected chi connectivity index (χ2v) is 8.74. The van der Waals surface area contributed by atoms with E-state index in [2.05, 4.69) is 20.6 Å². The molecule has 0 bridgehead atoms. The van der Waals surface area contributed by atoms with Crippen LogP contribution in [0.2, 0.25) is 5.02 Å². The van der Waals surface area contributed by atoms with Gasteiger partial charge in [0.15, 0.2) is 0 Å². The molecule has 0 spiro atoms. The van der Waals surface area contributed by atoms with Crippen LogP contribution in [0, 0.1) is 0 Å². The van der Waals surface area contributed by atoms with Gasteiger partial charge in [0.1, 0.15) is 11.7 Å². The fourth-order valence-electron chi connectivity index (χ4n) is 3.38. The molecule has 7 nitrogen and oxygen atoms in total. The van der Waals surface area contributed by atoms with Crippen LogP contribution in [0.25, 0.3) is 11.0 Å². The van der Waals surface area contributed by atoms with Gasteiger partial charge in [0, 0.05) is 41.8 Å². The minimum absolute atomic E-state index is 0.189. The van der Waals surface area contributed by atoms with Crippen molar-refractivity contribution in [3.63, 3.8) is 0 Å². The first-order valence-corrected chi connectivity index (χ1v) is 11.1. The van der Waals surface area contributed by atoms with Crippen molar-refractivity contribution in [2.24, 2.45) is 0 Å². The number of hydrogen-bond acceptors (Lipinski definition) is 4. The minimum atomic E-state index is -0.712. The summed E-state index contributed by atoms with van der Waals surface area (Å²) in [7, 11) is 1.90. The third-order valence-corrected chi connectivity index (χ3v) is 5.97. The van der Waals surface area contributed by atoms with Crippen LogP contribution in [0.3, 0.4) is 0 Å². The van der Waals surface area contributed by atoms with Gasteiger partial charge in [-0.2, -0.15) is 0 Å². The Bertz CT molecular complexity index is 1060. The zero-order chi connectivity index (χ0) is 23.3. The standard InChI is InChI=1S/C24H30ClN5O2/c1-15(2)30(4)16(3)23(31)29-21(12-17-5-7-20(25)8-6-17)24(32)28-14-18-11-19-9-10-26-22(19)27-13-18/h5-11,13,15-16,21H,12,14H2,1-4H3,(H,26,27)(H,28,32)(H,29,31)/t16?,21-/m0/s1. The van der Waals surface area contributed by atoms with E-state index in [9.17, 15) is 9.59 Å². The Morgan fingerprint density at radius 1 is 1.09 bits per heavy atom. The molecular formula is C24H30ClN5O2. The number of nitrogens with one attached hydrogen (secondary N) is 3. The van der Waals surface area contributed by atoms with Crippen LogP contribution in [-0.4, -0.2) is 51.9 Å². The Kier molecular flexibility index (Phi) is 7.88. The molecule has 0 aliphatic carbocycles. The van der Waals surface area contributed by atoms with Crippen molar-refractivity contribution < 1.29 is 9.59 Å². The van der Waals surface area contributed by atoms with E-state index in [1.165, 1.54) is 0 Å². The van der Waals surface area contributed by atoms with E-state index in [1.807, 2.05) is 63.2 Å². The molecule has 0 radical (unpaired) electrons. The Morgan fingerprint density at radius 2 is 1.81 bits per heavy atom. The molecule has 2 amide bonds. The molecule has 2 aromatic heterocycles. The number of carbonyl (C=O) groups is 2. The number of fused-ring (bicyclic) bond motifs is 1. The number of halogens is 1. The van der Waals surface area contributed by atoms with Crippen molar-refractivity contribution in [3.8, 4) is 0 Å². The fraction of sp³-hybridized carbons (Fsp3) is 0.375. The lowest BCUT2D eigenvalue weighted by atomic mass is 10.0. The highest BCUT2D eigenvalue weighted by Gasteiger charge is 2.26. The van der Waals surface area contributed by atoms with E-state index in [4.69, 9.17) is 11.6 Å². The number of benzene rings is 1. The molecule has 0 saturated heterocycles. The first kappa shape index (κ1) is 23.8. The van der Waals surface area contributed by atoms with Gasteiger partial charge < -0.3 is 15.6 Å². The van der Waals surface area contributed by atoms with Gasteiger partial charge in [-0.25, -0.2) is 4.98 Å². The fourth-order valence-corrected chi connectivity index (χ4v) is 3.51. The zero-order valence-electron chi connectivity index (χ0n) is 18.9. The van der Waals surface area contributed by atoms with E-state index >= 15 is 0 Å². The van der Waals surface area contributed by atoms with E-state index < -0.39 is 6.04 Å². The van der Waals surface area contributed by atoms with Gasteiger partial charge in [0.05, 0.1) is 6.04 Å². The molecule has 1 unspecified atom stereocenters. The third kappa shape index (κ3) is 6.08. The van der Waals surface area contributed by atoms with Gasteiger partial charge in [0.25, 0.3) is 0 Å². The summed E-state index contributed by atoms with van der Waals surface area (Å²) in [5, 5.41) is 7.47. The summed E-state index contributed by atoms with van der Waals surface area (Å²) in [6.45, 7) is 6.21. The van der Waals surface area contributed by atoms with Crippen LogP contribution in [0.15, 0.2) is 48.8 Å². The van der Waals surface area contributed by atoms with Crippen molar-refractivity contribution in [2.75, 3.05) is 7.05 Å². The first-order chi connectivity index (χ1) is 15.2. The summed E-state index contributed by atoms with van der Waals surface area (Å²) >= 11 is 5.99. The minimum Gasteiger partial charge on any atom is -0.350 e. The normalized spacial score (nSPS) is 13.3. The molecule has 170 valence electrons. The maximum atomic E-state index is 13.1. The quantitative estimate of drug-likeness (QED) is 0.462. The lowest BCUT2D eigenvalue weighted by molar-refractivity contribution is -0.131. The monoisotopic (exact) mass is 455 g/mol. The summed E-state index contributed by atoms with van der Waals surface area (Å²) in [6.07, 6.45) is 3.92. The van der Waals surface area contributed by atoms with E-state index in [0.29, 0.717) is 18.0 Å². The van der Waals surface area contributed by atoms with E-state index in [-0.39, 0.29) is 23.9 Å². The number of H-pyrrole nitrogens is 1. The van der Waals surface area contributed by atoms with Crippen molar-refractivity contribution in [1.82, 2.24) is 25.5 Å². The average molecular weight is 456 g/mol. The molecule has 2 atom stereocenters. The number of nitrogens with zero attached hydrogens (tertiary/aromatic N) is 2. The van der Waals surface area contributed by atoms with Crippen LogP contribution in [0.4, 0.5) is 0 Å². The maximum absolute atomic E-state index is 13.1. The number of amides is 2. The Balaban J connectivity index is 1.71. The Morgan fingerprint density at radius 3 is 2.50 bits per heavy atom. The molecule has 3 aromatic rings. The highest BCUT2D eigenvalue weighted by molar-refractivity contribution is 6.30. The number of pyridine rings is 1. The van der Waals surface area contributed by atoms with E-state index in [0.717, 1.165) is 22.2 Å². The van der Waals surface area contributed by atoms with Crippen LogP contribution in [0.5, 0.6) is 0 Å². The molecule has 3 N–H and O–H groups in total. The van der Waals surface area contributed by atoms with Crippen LogP contribution in [-0.2, 0) is 22.6 Å². The highest BCUT2D eigenvalue weighted by atomic mass is 35.5. The molecule has 0 aliphatic rings. The van der Waals surface area contributed by atoms with Crippen molar-refractivity contribution in [2.45, 2.75) is 51.9 Å². The molecule has 1 aromatic carbocycles. The van der Waals surface area contributed by atoms with Gasteiger partial charge in [-0.1, -0.05) is 23.7 Å². The molecule has 3 rings (SSSR count). The SMILES string of the molecule is CC(C)N(C)C(C)C(=O)N[C@@H](Cc1ccc(Cl)cc1)C(=O)NCc1cnc2[nH]ccc2c1. The number of aromatic amines is 1. The van der Waals surface area contributed by atoms with Gasteiger partial charge in [-0.3, -0.25) is 14.5 Å². The number of rotatable bonds is 9. The highest BCUT2D eigenvalue weighted by Crippen LogP contribution is 2.13. The molecule has 32 heavy (non-hydrogen) atoms. The van der Waals surface area contributed by atoms with Crippen LogP contribution in [0.1, 0.15) is 31.9 Å². The summed E-state index contributed by atoms with van der Waals surface area (Å²) in [5.74, 6) is -0.437. The summed E-state index contributed by atoms with van der Waals surface area (Å²) in [4.78, 5) is 35.3. The maximum Gasteiger partial charge on any atom is 0.243 e. The number of likely N-dealkylation sites (N-methyl/N-ethyl adjacent to an activating group) is 1. The smallest absolute Gasteiger partial charge is 0.243 e. The number of hydrogen-bond donors (Lipinski definition) is 3. The summed E-state index contributed by atoms with van der Waals surface area (Å²) in [6, 6.07) is 10.3. The Hall–Kier alpha value is -2.90. The number of carbonyl (C=O) groups excluding carboxylic acids is 2. The lowest BCUT2D eigenvalue weighted by Gasteiger charge is -2.29. The lowest BCUT2D eigenvalue weighted by Crippen LogP contribution is -2.53. The van der Waals surface area contributed by atoms with Crippen LogP contribution >= 0.6 is 11.6 Å². The van der Waals surface area contributed by atoms with Crippen molar-refractivity contribution in [1.29, 1.82) is 0 Å². The van der Waals surface area contributed by atoms with Crippen molar-refractivity contribution >= 4 is 34.4 Å². The molecule has 0 fully saturated rings. The average Bonchev–Trinajstić information content (AvgIpc) is 3.25. The third-order valence-electron chi connectivity index (χ3n) is 5.71. The van der Waals surface area contributed by atoms with Gasteiger partial charge in [-0.05, 0) is 63.2 Å². The molecule has 0 saturated carbocycles. The van der Waals surface area contributed by atoms with E-state index in [1.54, 1.807) is 18.3 Å². The van der Waals surface area contributed by atoms with Crippen molar-refractivity contribution in [3.05, 3.63) is 64.9 Å². The zero-order valence-corrected chi connectivity index (χ0v) is 19.6. The van der Waals surface area contributed by atoms with Crippen LogP contribution < -0.4 is 10.6 Å². The first-order valence-electron chi connectivity index (χ1n) is 10.7. The predicted octanol–water partition coefficient (Wildman–Crippen LogP) is 3.29. The summed E-state index contributed by atoms with van der Waals surface area (Å²) in [5.41, 5.74) is 2.60. The largest absolute Gasteiger partial charge is 0.350 e. The molecular weight excluding hydrogens is 426 g/mol. The van der Waals surface area contributed by atoms with Gasteiger partial charge in [-0.15, -0.1) is 0 Å². The Labute approximate surface area is 193 Å². The second-order valence-electron chi connectivity index (χ2n) is 8.30. The second kappa shape index (κ2) is 10.6. The molecule has 8 heteroatoms. The topological polar surface area (TPSA) is 90.1 Å². The molecule has 2 heterocycles. The summed E-state index contributed by atoms with van der Waals surface area (Å²) < 4.78 is 0. The molecule has 0 aliphatic heterocycles. The number of aromatic nitrogens is 2. The van der Waals surface area contributed by atoms with Gasteiger partial charge >= 0.3 is 0 Å². The van der Waals surface area contributed by atoms with Gasteiger partial charge in [0.2, 0.25) is 11.8 Å².